The van der Waals surface area contributed by atoms with Gasteiger partial charge in [-0.2, -0.15) is 0 Å². The quantitative estimate of drug-likeness (QED) is 0.765. The van der Waals surface area contributed by atoms with E-state index in [9.17, 15) is 9.90 Å². The molecule has 0 aliphatic rings. The maximum atomic E-state index is 10.7. The van der Waals surface area contributed by atoms with E-state index in [2.05, 4.69) is 6.92 Å². The van der Waals surface area contributed by atoms with Gasteiger partial charge in [0.15, 0.2) is 0 Å². The van der Waals surface area contributed by atoms with Gasteiger partial charge in [-0.05, 0) is 6.07 Å². The third-order valence-electron chi connectivity index (χ3n) is 1.12. The van der Waals surface area contributed by atoms with Gasteiger partial charge in [-0.25, -0.2) is 4.79 Å². The molecule has 0 aliphatic heterocycles. The zero-order valence-electron chi connectivity index (χ0n) is 7.49. The number of benzene rings is 1. The molecule has 0 amide bonds. The van der Waals surface area contributed by atoms with Crippen LogP contribution in [0.3, 0.4) is 0 Å². The molecule has 66 valence electrons. The Labute approximate surface area is 93.4 Å². The number of rotatable bonds is 1. The summed E-state index contributed by atoms with van der Waals surface area (Å²) >= 11 is 1.07. The second-order valence-electron chi connectivity index (χ2n) is 2.30. The molecule has 0 atom stereocenters. The summed E-state index contributed by atoms with van der Waals surface area (Å²) in [6.45, 7) is 2.21. The third kappa shape index (κ3) is 4.88. The van der Waals surface area contributed by atoms with E-state index in [1.165, 1.54) is 28.2 Å². The second-order valence-corrected chi connectivity index (χ2v) is 6.19. The maximum absolute atomic E-state index is 10.7. The molecule has 3 nitrogen and oxygen atoms in total. The number of para-hydroxylation sites is 1. The molecule has 1 rings (SSSR count). The van der Waals surface area contributed by atoms with Crippen LogP contribution >= 0.6 is 0 Å². The Bertz CT molecular complexity index is 273. The van der Waals surface area contributed by atoms with Gasteiger partial charge in [-0.3, -0.25) is 0 Å². The minimum absolute atomic E-state index is 0.178. The number of hydrogen-bond acceptors (Lipinski definition) is 2. The molecule has 0 unspecified atom stereocenters. The number of hydrogen-bond donors (Lipinski definition) is 1. The molecule has 0 saturated carbocycles. The Morgan fingerprint density at radius 3 is 2.31 bits per heavy atom. The Balaban J connectivity index is 0.000000424. The van der Waals surface area contributed by atoms with Gasteiger partial charge in [-0.1, -0.05) is 23.9 Å². The van der Waals surface area contributed by atoms with Crippen molar-refractivity contribution in [2.24, 2.45) is 0 Å². The smallest absolute Gasteiger partial charge is 0.335 e. The van der Waals surface area contributed by atoms with Gasteiger partial charge in [0, 0.05) is 0 Å². The fraction of sp³-hybridized carbons (Fsp3) is 0.222. The first-order chi connectivity index (χ1) is 6.13. The van der Waals surface area contributed by atoms with Crippen LogP contribution in [0.4, 0.5) is 0 Å². The summed E-state index contributed by atoms with van der Waals surface area (Å²) in [5.74, 6) is -1.62. The van der Waals surface area contributed by atoms with Gasteiger partial charge in [0.05, 0.1) is 5.56 Å². The van der Waals surface area contributed by atoms with Gasteiger partial charge in [0.25, 0.3) is 0 Å². The minimum atomic E-state index is -1.18. The van der Waals surface area contributed by atoms with E-state index in [1.807, 2.05) is 0 Å². The molecule has 1 N–H and O–H groups in total. The van der Waals surface area contributed by atoms with E-state index in [0.717, 1.165) is 26.1 Å². The first-order valence-electron chi connectivity index (χ1n) is 3.92. The van der Waals surface area contributed by atoms with Crippen LogP contribution in [0.25, 0.3) is 0 Å². The van der Waals surface area contributed by atoms with Crippen molar-refractivity contribution in [2.45, 2.75) is 10.9 Å². The molecule has 0 spiro atoms. The largest absolute Gasteiger partial charge is 0.872 e. The zero-order chi connectivity index (χ0) is 10.3. The molecule has 13 heavy (non-hydrogen) atoms. The van der Waals surface area contributed by atoms with E-state index in [0.29, 0.717) is 0 Å². The summed E-state index contributed by atoms with van der Waals surface area (Å²) in [4.78, 5) is 10.2. The first-order valence-corrected chi connectivity index (χ1v) is 7.80. The van der Waals surface area contributed by atoms with E-state index in [4.69, 9.17) is 5.11 Å². The molecule has 0 aliphatic carbocycles. The van der Waals surface area contributed by atoms with Crippen LogP contribution in [-0.2, 0) is 26.1 Å². The van der Waals surface area contributed by atoms with Gasteiger partial charge in [0.2, 0.25) is 0 Å². The predicted molar refractivity (Wildman–Crippen MR) is 43.3 cm³/mol. The molecule has 4 heteroatoms. The molecule has 0 heterocycles. The molecule has 0 bridgehead atoms. The van der Waals surface area contributed by atoms with Crippen molar-refractivity contribution in [2.75, 3.05) is 0 Å². The standard InChI is InChI=1S/C7H6O3.C2H5.Hg/c8-6-4-2-1-3-5(6)7(9)10;1-2;/h1-4,8H,(H,9,10);1H2,2H3;/q;;+1/p-1. The molecular formula is C9H10HgO3. The maximum Gasteiger partial charge on any atom is 0.335 e. The van der Waals surface area contributed by atoms with Crippen LogP contribution < -0.4 is 5.11 Å². The SMILES string of the molecule is C[CH2][Hg+].O=C(O)c1ccccc1[O-]. The number of carboxylic acids is 1. The van der Waals surface area contributed by atoms with Crippen LogP contribution in [-0.4, -0.2) is 11.1 Å². The van der Waals surface area contributed by atoms with Crippen LogP contribution in [0.15, 0.2) is 24.3 Å². The summed E-state index contributed by atoms with van der Waals surface area (Å²) in [5, 5.41) is 19.0. The van der Waals surface area contributed by atoms with Gasteiger partial charge in [0.1, 0.15) is 0 Å². The average Bonchev–Trinajstić information content (AvgIpc) is 2.06. The summed E-state index contributed by atoms with van der Waals surface area (Å²) < 4.78 is 1.44. The Morgan fingerprint density at radius 2 is 2.00 bits per heavy atom. The van der Waals surface area contributed by atoms with E-state index in [1.54, 1.807) is 0 Å². The second kappa shape index (κ2) is 6.89. The predicted octanol–water partition coefficient (Wildman–Crippen LogP) is 1.43. The minimum Gasteiger partial charge on any atom is -0.872 e. The van der Waals surface area contributed by atoms with Crippen molar-refractivity contribution in [3.63, 3.8) is 0 Å². The number of carboxylic acid groups (broad SMARTS) is 1. The molecular weight excluding hydrogens is 357 g/mol. The van der Waals surface area contributed by atoms with Gasteiger partial charge >= 0.3 is 42.9 Å². The summed E-state index contributed by atoms with van der Waals surface area (Å²) in [7, 11) is 0. The fourth-order valence-electron chi connectivity index (χ4n) is 0.643. The van der Waals surface area contributed by atoms with Crippen molar-refractivity contribution in [1.82, 2.24) is 0 Å². The van der Waals surface area contributed by atoms with E-state index in [-0.39, 0.29) is 5.56 Å². The first kappa shape index (κ1) is 12.4. The van der Waals surface area contributed by atoms with Gasteiger partial charge < -0.3 is 10.2 Å². The molecule has 0 fully saturated rings. The van der Waals surface area contributed by atoms with Gasteiger partial charge in [-0.15, -0.1) is 0 Å². The summed E-state index contributed by atoms with van der Waals surface area (Å²) in [5.41, 5.74) is -0.178. The normalized spacial score (nSPS) is 8.54. The van der Waals surface area contributed by atoms with Crippen LogP contribution in [0.5, 0.6) is 5.75 Å². The summed E-state index contributed by atoms with van der Waals surface area (Å²) in [6.07, 6.45) is 0. The molecule has 1 aromatic rings. The third-order valence-corrected chi connectivity index (χ3v) is 1.12. The molecule has 0 saturated heterocycles. The van der Waals surface area contributed by atoms with Crippen molar-refractivity contribution in [3.05, 3.63) is 29.8 Å². The van der Waals surface area contributed by atoms with Crippen LogP contribution in [0.1, 0.15) is 17.3 Å². The van der Waals surface area contributed by atoms with Crippen molar-refractivity contribution in [1.29, 1.82) is 0 Å². The monoisotopic (exact) mass is 368 g/mol. The molecule has 1 aromatic carbocycles. The van der Waals surface area contributed by atoms with Crippen molar-refractivity contribution in [3.8, 4) is 5.75 Å². The number of aromatic carboxylic acids is 1. The van der Waals surface area contributed by atoms with Crippen molar-refractivity contribution < 1.29 is 41.1 Å². The Kier molecular flexibility index (Phi) is 6.58. The Morgan fingerprint density at radius 1 is 1.54 bits per heavy atom. The fourth-order valence-corrected chi connectivity index (χ4v) is 0.643. The van der Waals surface area contributed by atoms with E-state index >= 15 is 0 Å². The molecule has 0 aromatic heterocycles. The Hall–Kier alpha value is -0.575. The topological polar surface area (TPSA) is 60.4 Å². The zero-order valence-corrected chi connectivity index (χ0v) is 13.0. The average molecular weight is 367 g/mol. The van der Waals surface area contributed by atoms with Crippen LogP contribution in [0.2, 0.25) is 3.93 Å². The molecule has 0 radical (unpaired) electrons. The summed E-state index contributed by atoms with van der Waals surface area (Å²) in [6, 6.07) is 5.54. The number of carbonyl (C=O) groups is 1. The van der Waals surface area contributed by atoms with Crippen molar-refractivity contribution >= 4 is 5.97 Å². The van der Waals surface area contributed by atoms with E-state index < -0.39 is 11.7 Å². The van der Waals surface area contributed by atoms with Crippen LogP contribution in [0, 0.1) is 0 Å².